The predicted octanol–water partition coefficient (Wildman–Crippen LogP) is 3.96. The highest BCUT2D eigenvalue weighted by Gasteiger charge is 2.32. The van der Waals surface area contributed by atoms with Crippen LogP contribution in [0.4, 0.5) is 0 Å². The van der Waals surface area contributed by atoms with Crippen molar-refractivity contribution in [2.24, 2.45) is 11.8 Å². The molecule has 0 bridgehead atoms. The second kappa shape index (κ2) is 6.12. The summed E-state index contributed by atoms with van der Waals surface area (Å²) in [6.07, 6.45) is 11.6. The third-order valence-electron chi connectivity index (χ3n) is 5.30. The highest BCUT2D eigenvalue weighted by molar-refractivity contribution is 5.04. The van der Waals surface area contributed by atoms with E-state index >= 15 is 0 Å². The van der Waals surface area contributed by atoms with Gasteiger partial charge in [0.1, 0.15) is 0 Å². The van der Waals surface area contributed by atoms with E-state index in [-0.39, 0.29) is 5.54 Å². The summed E-state index contributed by atoms with van der Waals surface area (Å²) in [5, 5.41) is 8.52. The van der Waals surface area contributed by atoms with Crippen LogP contribution in [-0.4, -0.2) is 21.9 Å². The average Bonchev–Trinajstić information content (AvgIpc) is 3.04. The highest BCUT2D eigenvalue weighted by Crippen LogP contribution is 2.36. The van der Waals surface area contributed by atoms with Gasteiger partial charge in [-0.1, -0.05) is 12.8 Å². The van der Waals surface area contributed by atoms with Crippen molar-refractivity contribution >= 4 is 0 Å². The van der Waals surface area contributed by atoms with Crippen LogP contribution in [0.25, 0.3) is 0 Å². The molecule has 2 saturated carbocycles. The van der Waals surface area contributed by atoms with E-state index in [1.807, 2.05) is 0 Å². The summed E-state index contributed by atoms with van der Waals surface area (Å²) in [5.41, 5.74) is 1.55. The van der Waals surface area contributed by atoms with Crippen molar-refractivity contribution < 1.29 is 0 Å². The molecule has 1 aromatic heterocycles. The van der Waals surface area contributed by atoms with Gasteiger partial charge in [-0.25, -0.2) is 0 Å². The van der Waals surface area contributed by atoms with E-state index in [0.29, 0.717) is 6.04 Å². The first-order valence-electron chi connectivity index (χ1n) is 8.80. The first kappa shape index (κ1) is 15.1. The summed E-state index contributed by atoms with van der Waals surface area (Å²) < 4.78 is 2.24. The molecule has 1 heterocycles. The molecule has 2 aliphatic carbocycles. The van der Waals surface area contributed by atoms with Crippen LogP contribution in [0.15, 0.2) is 12.3 Å². The zero-order chi connectivity index (χ0) is 14.9. The predicted molar refractivity (Wildman–Crippen MR) is 87.4 cm³/mol. The molecule has 1 aromatic rings. The van der Waals surface area contributed by atoms with Crippen LogP contribution in [0.5, 0.6) is 0 Å². The van der Waals surface area contributed by atoms with Gasteiger partial charge in [0.2, 0.25) is 0 Å². The summed E-state index contributed by atoms with van der Waals surface area (Å²) in [6, 6.07) is 2.93. The van der Waals surface area contributed by atoms with Gasteiger partial charge in [-0.15, -0.1) is 0 Å². The maximum Gasteiger partial charge on any atom is 0.0627 e. The summed E-state index contributed by atoms with van der Waals surface area (Å²) in [6.45, 7) is 7.93. The molecule has 1 N–H and O–H groups in total. The third-order valence-corrected chi connectivity index (χ3v) is 5.30. The molecule has 0 spiro atoms. The first-order valence-corrected chi connectivity index (χ1v) is 8.80. The van der Waals surface area contributed by atoms with Crippen molar-refractivity contribution in [3.63, 3.8) is 0 Å². The van der Waals surface area contributed by atoms with E-state index in [4.69, 9.17) is 5.10 Å². The minimum atomic E-state index is 0.240. The Kier molecular flexibility index (Phi) is 4.39. The Morgan fingerprint density at radius 1 is 1.14 bits per heavy atom. The fourth-order valence-electron chi connectivity index (χ4n) is 3.74. The molecular weight excluding hydrogens is 258 g/mol. The van der Waals surface area contributed by atoms with Gasteiger partial charge >= 0.3 is 0 Å². The van der Waals surface area contributed by atoms with Gasteiger partial charge < -0.3 is 5.32 Å². The number of hydrogen-bond acceptors (Lipinski definition) is 2. The fourth-order valence-corrected chi connectivity index (χ4v) is 3.74. The number of aromatic nitrogens is 2. The standard InChI is InChI=1S/C18H31N3/c1-18(2,3)19-13-15-9-8-14(15)12-16-10-11-21(20-16)17-6-4-5-7-17/h10-11,14-15,17,19H,4-9,12-13H2,1-3H3. The first-order chi connectivity index (χ1) is 10.0. The molecule has 118 valence electrons. The van der Waals surface area contributed by atoms with Crippen LogP contribution in [0.1, 0.15) is 71.0 Å². The van der Waals surface area contributed by atoms with E-state index in [1.54, 1.807) is 0 Å². The van der Waals surface area contributed by atoms with Gasteiger partial charge in [-0.05, 0) is 77.3 Å². The Morgan fingerprint density at radius 3 is 2.48 bits per heavy atom. The van der Waals surface area contributed by atoms with Crippen LogP contribution in [0.2, 0.25) is 0 Å². The Hall–Kier alpha value is -0.830. The van der Waals surface area contributed by atoms with Crippen LogP contribution in [-0.2, 0) is 6.42 Å². The Bertz CT molecular complexity index is 451. The molecule has 0 aliphatic heterocycles. The van der Waals surface area contributed by atoms with Gasteiger partial charge in [0.15, 0.2) is 0 Å². The molecule has 0 aromatic carbocycles. The number of nitrogens with one attached hydrogen (secondary N) is 1. The highest BCUT2D eigenvalue weighted by atomic mass is 15.3. The molecule has 3 rings (SSSR count). The lowest BCUT2D eigenvalue weighted by Crippen LogP contribution is -2.44. The summed E-state index contributed by atoms with van der Waals surface area (Å²) >= 11 is 0. The van der Waals surface area contributed by atoms with Crippen LogP contribution < -0.4 is 5.32 Å². The maximum absolute atomic E-state index is 4.85. The van der Waals surface area contributed by atoms with Crippen molar-refractivity contribution in [1.29, 1.82) is 0 Å². The number of rotatable bonds is 5. The van der Waals surface area contributed by atoms with Crippen LogP contribution >= 0.6 is 0 Å². The minimum absolute atomic E-state index is 0.240. The molecule has 0 amide bonds. The molecule has 2 atom stereocenters. The second-order valence-corrected chi connectivity index (χ2v) is 8.16. The molecule has 3 nitrogen and oxygen atoms in total. The SMILES string of the molecule is CC(C)(C)NCC1CCC1Cc1ccn(C2CCCC2)n1. The maximum atomic E-state index is 4.85. The van der Waals surface area contributed by atoms with Gasteiger partial charge in [0, 0.05) is 11.7 Å². The summed E-state index contributed by atoms with van der Waals surface area (Å²) in [5.74, 6) is 1.69. The minimum Gasteiger partial charge on any atom is -0.312 e. The molecule has 2 aliphatic rings. The molecule has 3 heteroatoms. The van der Waals surface area contributed by atoms with Gasteiger partial charge in [-0.3, -0.25) is 4.68 Å². The average molecular weight is 289 g/mol. The summed E-state index contributed by atoms with van der Waals surface area (Å²) in [4.78, 5) is 0. The van der Waals surface area contributed by atoms with E-state index in [0.717, 1.165) is 18.4 Å². The topological polar surface area (TPSA) is 29.9 Å². The van der Waals surface area contributed by atoms with Gasteiger partial charge in [-0.2, -0.15) is 5.10 Å². The van der Waals surface area contributed by atoms with Crippen molar-refractivity contribution in [3.05, 3.63) is 18.0 Å². The Balaban J connectivity index is 1.50. The molecule has 2 unspecified atom stereocenters. The van der Waals surface area contributed by atoms with Gasteiger partial charge in [0.05, 0.1) is 11.7 Å². The molecule has 0 saturated heterocycles. The van der Waals surface area contributed by atoms with Crippen molar-refractivity contribution in [1.82, 2.24) is 15.1 Å². The van der Waals surface area contributed by atoms with Crippen LogP contribution in [0.3, 0.4) is 0 Å². The normalized spacial score (nSPS) is 27.0. The third kappa shape index (κ3) is 3.88. The number of nitrogens with zero attached hydrogens (tertiary/aromatic N) is 2. The van der Waals surface area contributed by atoms with Crippen molar-refractivity contribution in [2.75, 3.05) is 6.54 Å². The molecular formula is C18H31N3. The van der Waals surface area contributed by atoms with E-state index in [2.05, 4.69) is 43.0 Å². The molecule has 0 radical (unpaired) electrons. The fraction of sp³-hybridized carbons (Fsp3) is 0.833. The van der Waals surface area contributed by atoms with Crippen molar-refractivity contribution in [2.45, 2.75) is 77.3 Å². The van der Waals surface area contributed by atoms with Crippen molar-refractivity contribution in [3.8, 4) is 0 Å². The Morgan fingerprint density at radius 2 is 1.86 bits per heavy atom. The van der Waals surface area contributed by atoms with E-state index < -0.39 is 0 Å². The largest absolute Gasteiger partial charge is 0.312 e. The monoisotopic (exact) mass is 289 g/mol. The van der Waals surface area contributed by atoms with Crippen LogP contribution in [0, 0.1) is 11.8 Å². The van der Waals surface area contributed by atoms with E-state index in [1.165, 1.54) is 50.6 Å². The lowest BCUT2D eigenvalue weighted by molar-refractivity contribution is 0.158. The summed E-state index contributed by atoms with van der Waals surface area (Å²) in [7, 11) is 0. The quantitative estimate of drug-likeness (QED) is 0.889. The van der Waals surface area contributed by atoms with E-state index in [9.17, 15) is 0 Å². The molecule has 21 heavy (non-hydrogen) atoms. The lowest BCUT2D eigenvalue weighted by atomic mass is 9.71. The molecule has 2 fully saturated rings. The Labute approximate surface area is 129 Å². The lowest BCUT2D eigenvalue weighted by Gasteiger charge is -2.38. The second-order valence-electron chi connectivity index (χ2n) is 8.16. The zero-order valence-corrected chi connectivity index (χ0v) is 13.9. The smallest absolute Gasteiger partial charge is 0.0627 e. The zero-order valence-electron chi connectivity index (χ0n) is 13.9. The number of hydrogen-bond donors (Lipinski definition) is 1. The van der Waals surface area contributed by atoms with Gasteiger partial charge in [0.25, 0.3) is 0 Å².